The predicted molar refractivity (Wildman–Crippen MR) is 89.4 cm³/mol. The third-order valence-corrected chi connectivity index (χ3v) is 3.95. The van der Waals surface area contributed by atoms with E-state index in [1.165, 1.54) is 32.2 Å². The zero-order valence-corrected chi connectivity index (χ0v) is 13.7. The van der Waals surface area contributed by atoms with Gasteiger partial charge in [0.15, 0.2) is 5.76 Å². The van der Waals surface area contributed by atoms with E-state index in [0.29, 0.717) is 0 Å². The van der Waals surface area contributed by atoms with Gasteiger partial charge in [0.25, 0.3) is 0 Å². The summed E-state index contributed by atoms with van der Waals surface area (Å²) in [6.07, 6.45) is 4.80. The lowest BCUT2D eigenvalue weighted by atomic mass is 10.1. The standard InChI is InChI=1S/C19H27NO2/c1-3-4-5-6-13-20-14-18-11-12-19(22-18)17-9-7-16(8-10-17)15(2)21/h7-12,15,20-21H,3-6,13-14H2,1-2H3/p+1/t15-/m0/s1. The Balaban J connectivity index is 1.83. The molecule has 3 N–H and O–H groups in total. The average molecular weight is 302 g/mol. The van der Waals surface area contributed by atoms with Crippen LogP contribution in [0.5, 0.6) is 0 Å². The monoisotopic (exact) mass is 302 g/mol. The summed E-state index contributed by atoms with van der Waals surface area (Å²) < 4.78 is 5.90. The van der Waals surface area contributed by atoms with Gasteiger partial charge in [-0.25, -0.2) is 0 Å². The van der Waals surface area contributed by atoms with E-state index in [4.69, 9.17) is 4.42 Å². The van der Waals surface area contributed by atoms with Crippen LogP contribution in [0.15, 0.2) is 40.8 Å². The molecule has 0 spiro atoms. The second-order valence-electron chi connectivity index (χ2n) is 5.91. The summed E-state index contributed by atoms with van der Waals surface area (Å²) in [5, 5.41) is 11.9. The number of furan rings is 1. The molecular weight excluding hydrogens is 274 g/mol. The maximum atomic E-state index is 9.54. The van der Waals surface area contributed by atoms with Gasteiger partial charge < -0.3 is 14.8 Å². The third-order valence-electron chi connectivity index (χ3n) is 3.95. The smallest absolute Gasteiger partial charge is 0.158 e. The van der Waals surface area contributed by atoms with E-state index in [1.807, 2.05) is 30.3 Å². The molecule has 2 rings (SSSR count). The minimum Gasteiger partial charge on any atom is -0.455 e. The minimum atomic E-state index is -0.427. The highest BCUT2D eigenvalue weighted by Gasteiger charge is 2.07. The van der Waals surface area contributed by atoms with Gasteiger partial charge in [0, 0.05) is 5.56 Å². The Hall–Kier alpha value is -1.58. The van der Waals surface area contributed by atoms with Crippen molar-refractivity contribution < 1.29 is 14.8 Å². The van der Waals surface area contributed by atoms with Crippen molar-refractivity contribution in [3.05, 3.63) is 47.7 Å². The summed E-state index contributed by atoms with van der Waals surface area (Å²) >= 11 is 0. The molecule has 1 heterocycles. The van der Waals surface area contributed by atoms with Gasteiger partial charge in [-0.2, -0.15) is 0 Å². The first-order valence-corrected chi connectivity index (χ1v) is 8.39. The van der Waals surface area contributed by atoms with Crippen LogP contribution in [-0.2, 0) is 6.54 Å². The number of quaternary nitrogens is 1. The number of aliphatic hydroxyl groups excluding tert-OH is 1. The molecule has 0 unspecified atom stereocenters. The average Bonchev–Trinajstić information content (AvgIpc) is 3.00. The second-order valence-corrected chi connectivity index (χ2v) is 5.91. The van der Waals surface area contributed by atoms with E-state index in [-0.39, 0.29) is 0 Å². The first kappa shape index (κ1) is 16.8. The fourth-order valence-electron chi connectivity index (χ4n) is 2.53. The number of benzene rings is 1. The van der Waals surface area contributed by atoms with Crippen LogP contribution in [0.25, 0.3) is 11.3 Å². The number of aliphatic hydroxyl groups is 1. The highest BCUT2D eigenvalue weighted by molar-refractivity contribution is 5.58. The third kappa shape index (κ3) is 5.00. The molecule has 3 heteroatoms. The van der Waals surface area contributed by atoms with Crippen molar-refractivity contribution in [3.63, 3.8) is 0 Å². The summed E-state index contributed by atoms with van der Waals surface area (Å²) in [5.74, 6) is 1.91. The van der Waals surface area contributed by atoms with E-state index < -0.39 is 6.10 Å². The Kier molecular flexibility index (Phi) is 6.69. The van der Waals surface area contributed by atoms with Crippen LogP contribution in [0, 0.1) is 0 Å². The van der Waals surface area contributed by atoms with Gasteiger partial charge in [0.1, 0.15) is 12.3 Å². The lowest BCUT2D eigenvalue weighted by molar-refractivity contribution is -0.672. The molecule has 22 heavy (non-hydrogen) atoms. The number of rotatable bonds is 9. The highest BCUT2D eigenvalue weighted by Crippen LogP contribution is 2.23. The normalized spacial score (nSPS) is 12.5. The molecule has 0 aliphatic heterocycles. The summed E-state index contributed by atoms with van der Waals surface area (Å²) in [6, 6.07) is 12.0. The summed E-state index contributed by atoms with van der Waals surface area (Å²) in [5.41, 5.74) is 1.98. The van der Waals surface area contributed by atoms with E-state index in [1.54, 1.807) is 6.92 Å². The first-order valence-electron chi connectivity index (χ1n) is 8.39. The van der Waals surface area contributed by atoms with Gasteiger partial charge in [-0.15, -0.1) is 0 Å². The molecule has 0 aliphatic carbocycles. The molecule has 0 radical (unpaired) electrons. The molecule has 0 aliphatic rings. The maximum absolute atomic E-state index is 9.54. The number of unbranched alkanes of at least 4 members (excludes halogenated alkanes) is 3. The van der Waals surface area contributed by atoms with Gasteiger partial charge in [-0.05, 0) is 37.5 Å². The van der Waals surface area contributed by atoms with Crippen molar-refractivity contribution in [2.75, 3.05) is 6.54 Å². The Morgan fingerprint density at radius 3 is 2.50 bits per heavy atom. The molecule has 0 amide bonds. The Morgan fingerprint density at radius 1 is 1.05 bits per heavy atom. The zero-order chi connectivity index (χ0) is 15.8. The Bertz CT molecular complexity index is 543. The number of nitrogens with two attached hydrogens (primary N) is 1. The van der Waals surface area contributed by atoms with Crippen LogP contribution in [0.1, 0.15) is 57.0 Å². The van der Waals surface area contributed by atoms with Gasteiger partial charge >= 0.3 is 0 Å². The Labute approximate surface area is 133 Å². The maximum Gasteiger partial charge on any atom is 0.158 e. The molecule has 1 aromatic heterocycles. The van der Waals surface area contributed by atoms with E-state index in [9.17, 15) is 5.11 Å². The largest absolute Gasteiger partial charge is 0.455 e. The fourth-order valence-corrected chi connectivity index (χ4v) is 2.53. The van der Waals surface area contributed by atoms with E-state index in [2.05, 4.69) is 18.3 Å². The first-order chi connectivity index (χ1) is 10.7. The summed E-state index contributed by atoms with van der Waals surface area (Å²) in [6.45, 7) is 6.08. The van der Waals surface area contributed by atoms with Crippen molar-refractivity contribution in [3.8, 4) is 11.3 Å². The fraction of sp³-hybridized carbons (Fsp3) is 0.474. The lowest BCUT2D eigenvalue weighted by Crippen LogP contribution is -2.82. The summed E-state index contributed by atoms with van der Waals surface area (Å²) in [4.78, 5) is 0. The van der Waals surface area contributed by atoms with Gasteiger partial charge in [-0.1, -0.05) is 44.0 Å². The lowest BCUT2D eigenvalue weighted by Gasteiger charge is -2.04. The number of hydrogen-bond donors (Lipinski definition) is 2. The van der Waals surface area contributed by atoms with Gasteiger partial charge in [0.05, 0.1) is 12.6 Å². The van der Waals surface area contributed by atoms with Crippen LogP contribution in [0.4, 0.5) is 0 Å². The molecule has 0 bridgehead atoms. The van der Waals surface area contributed by atoms with Crippen molar-refractivity contribution in [2.24, 2.45) is 0 Å². The highest BCUT2D eigenvalue weighted by atomic mass is 16.3. The van der Waals surface area contributed by atoms with Crippen LogP contribution in [-0.4, -0.2) is 11.7 Å². The van der Waals surface area contributed by atoms with Crippen molar-refractivity contribution in [2.45, 2.75) is 52.2 Å². The Morgan fingerprint density at radius 2 is 1.82 bits per heavy atom. The van der Waals surface area contributed by atoms with Crippen molar-refractivity contribution in [1.82, 2.24) is 0 Å². The van der Waals surface area contributed by atoms with Crippen molar-refractivity contribution >= 4 is 0 Å². The molecular formula is C19H28NO2+. The van der Waals surface area contributed by atoms with E-state index >= 15 is 0 Å². The molecule has 3 nitrogen and oxygen atoms in total. The van der Waals surface area contributed by atoms with Gasteiger partial charge in [-0.3, -0.25) is 0 Å². The molecule has 1 aromatic carbocycles. The van der Waals surface area contributed by atoms with E-state index in [0.717, 1.165) is 29.2 Å². The molecule has 0 saturated heterocycles. The van der Waals surface area contributed by atoms with Gasteiger partial charge in [0.2, 0.25) is 0 Å². The molecule has 0 fully saturated rings. The molecule has 1 atom stereocenters. The number of hydrogen-bond acceptors (Lipinski definition) is 2. The predicted octanol–water partition coefficient (Wildman–Crippen LogP) is 3.64. The molecule has 120 valence electrons. The second kappa shape index (κ2) is 8.76. The van der Waals surface area contributed by atoms with Crippen LogP contribution < -0.4 is 5.32 Å². The quantitative estimate of drug-likeness (QED) is 0.695. The topological polar surface area (TPSA) is 50.0 Å². The zero-order valence-electron chi connectivity index (χ0n) is 13.7. The van der Waals surface area contributed by atoms with Crippen LogP contribution >= 0.6 is 0 Å². The SMILES string of the molecule is CCCCCC[NH2+]Cc1ccc(-c2ccc([C@H](C)O)cc2)o1. The van der Waals surface area contributed by atoms with Crippen LogP contribution in [0.2, 0.25) is 0 Å². The van der Waals surface area contributed by atoms with Crippen LogP contribution in [0.3, 0.4) is 0 Å². The molecule has 2 aromatic rings. The van der Waals surface area contributed by atoms with Crippen molar-refractivity contribution in [1.29, 1.82) is 0 Å². The summed E-state index contributed by atoms with van der Waals surface area (Å²) in [7, 11) is 0. The molecule has 0 saturated carbocycles. The minimum absolute atomic E-state index is 0.427.